The Morgan fingerprint density at radius 1 is 0.326 bits per heavy atom. The molecule has 0 N–H and O–H groups in total. The van der Waals surface area contributed by atoms with E-state index in [1.165, 1.54) is 80.7 Å². The van der Waals surface area contributed by atoms with Crippen molar-refractivity contribution < 1.29 is 45.2 Å². The topological polar surface area (TPSA) is 136 Å². The zero-order valence-electron chi connectivity index (χ0n) is 72.5. The summed E-state index contributed by atoms with van der Waals surface area (Å²) < 4.78 is 70.6. The first-order chi connectivity index (χ1) is 63.1. The molecule has 1 atom stereocenters. The quantitative estimate of drug-likeness (QED) is 0.133. The van der Waals surface area contributed by atoms with Crippen LogP contribution in [0.1, 0.15) is 50.1 Å². The summed E-state index contributed by atoms with van der Waals surface area (Å²) in [4.78, 5) is 14.6. The standard InChI is InChI=1S/C23H19NO.C22H17NO3S.C22H17NO3.C22H17NO2S.C22H17NOSe/c1-15-11-12-20(16(2)13-15)24-21-9-5-3-7-17(21)14-19-18-8-4-6-10-22(18)25-23(19)24;1-14-11-12-16(19(13-14)25-2)23-17-8-4-6-10-20(17)27(24)21-15-7-3-5-9-18(15)26-22(21)23;1-14-11-12-17(20(13-14)24-2)23-16-8-4-6-10-19(16)25-21-15-7-3-5-9-18(15)26-22(21)23;1-14-11-12-16(19(13-14)24-2)23-17-8-4-6-10-20(17)26-21-15-7-3-5-9-18(15)25-22(21)23;1-14-11-12-17(15(2)13-14)23-18-8-4-6-10-20(18)25-21-16-7-3-5-9-19(16)24-22(21)23/h3-13H,14H2,1-2H3;3-13H,1-2H3;2*3-13H,1-2H3;3-13H,1-2H3. The van der Waals surface area contributed by atoms with Gasteiger partial charge in [0, 0.05) is 33.0 Å². The number of hydrogen-bond donors (Lipinski definition) is 0. The Hall–Kier alpha value is -14.8. The van der Waals surface area contributed by atoms with E-state index in [1.54, 1.807) is 33.1 Å². The van der Waals surface area contributed by atoms with Crippen molar-refractivity contribution >= 4 is 188 Å². The Bertz CT molecular complexity index is 7450. The van der Waals surface area contributed by atoms with E-state index in [9.17, 15) is 4.21 Å². The van der Waals surface area contributed by atoms with Gasteiger partial charge in [-0.15, -0.1) is 0 Å². The van der Waals surface area contributed by atoms with Gasteiger partial charge in [0.2, 0.25) is 23.5 Å². The van der Waals surface area contributed by atoms with Gasteiger partial charge in [0.05, 0.1) is 92.8 Å². The number of hydrogen-bond acceptors (Lipinski definition) is 16. The van der Waals surface area contributed by atoms with E-state index in [0.29, 0.717) is 16.7 Å². The molecule has 129 heavy (non-hydrogen) atoms. The molecule has 0 saturated carbocycles. The molecule has 0 amide bonds. The third-order valence-electron chi connectivity index (χ3n) is 23.8. The van der Waals surface area contributed by atoms with Crippen LogP contribution in [0.25, 0.3) is 54.8 Å². The molecule has 0 radical (unpaired) electrons. The molecule has 0 bridgehead atoms. The second-order valence-corrected chi connectivity index (χ2v) is 37.0. The summed E-state index contributed by atoms with van der Waals surface area (Å²) in [5.41, 5.74) is 25.8. The molecule has 20 aromatic rings. The van der Waals surface area contributed by atoms with Gasteiger partial charge in [0.25, 0.3) is 0 Å². The van der Waals surface area contributed by atoms with Gasteiger partial charge in [-0.1, -0.05) is 157 Å². The Kier molecular flexibility index (Phi) is 21.3. The van der Waals surface area contributed by atoms with Gasteiger partial charge in [-0.2, -0.15) is 0 Å². The average Bonchev–Trinajstić information content (AvgIpc) is 1.61. The van der Waals surface area contributed by atoms with Crippen LogP contribution < -0.4 is 52.4 Å². The number of para-hydroxylation sites is 11. The summed E-state index contributed by atoms with van der Waals surface area (Å²) in [6.07, 6.45) is 0.907. The predicted molar refractivity (Wildman–Crippen MR) is 524 cm³/mol. The van der Waals surface area contributed by atoms with E-state index < -0.39 is 10.8 Å². The van der Waals surface area contributed by atoms with E-state index in [-0.39, 0.29) is 15.0 Å². The van der Waals surface area contributed by atoms with Crippen molar-refractivity contribution in [2.24, 2.45) is 0 Å². The van der Waals surface area contributed by atoms with Crippen molar-refractivity contribution in [3.63, 3.8) is 0 Å². The molecule has 5 aromatic heterocycles. The van der Waals surface area contributed by atoms with Crippen LogP contribution >= 0.6 is 11.8 Å². The number of nitrogens with zero attached hydrogens (tertiary/aromatic N) is 5. The van der Waals surface area contributed by atoms with Crippen molar-refractivity contribution in [3.8, 4) is 28.7 Å². The summed E-state index contributed by atoms with van der Waals surface area (Å²) in [6.45, 7) is 14.8. The second kappa shape index (κ2) is 33.9. The molecule has 634 valence electrons. The number of furan rings is 5. The Morgan fingerprint density at radius 2 is 0.729 bits per heavy atom. The van der Waals surface area contributed by atoms with Gasteiger partial charge in [0.15, 0.2) is 11.5 Å². The van der Waals surface area contributed by atoms with E-state index in [4.69, 9.17) is 41.0 Å². The zero-order valence-corrected chi connectivity index (χ0v) is 75.9. The van der Waals surface area contributed by atoms with Crippen molar-refractivity contribution in [1.82, 2.24) is 0 Å². The Morgan fingerprint density at radius 3 is 1.34 bits per heavy atom. The maximum absolute atomic E-state index is 13.4. The number of benzene rings is 15. The molecular formula is C111H87N5O10S2Se. The molecule has 5 aliphatic heterocycles. The number of fused-ring (bicyclic) bond motifs is 20. The third kappa shape index (κ3) is 14.6. The van der Waals surface area contributed by atoms with Crippen LogP contribution in [-0.2, 0) is 17.2 Å². The Balaban J connectivity index is 0.0000000978. The molecule has 0 saturated heterocycles. The fraction of sp³-hybridized carbons (Fsp3) is 0.0991. The number of methoxy groups -OCH3 is 3. The minimum absolute atomic E-state index is 0.244. The Labute approximate surface area is 760 Å². The van der Waals surface area contributed by atoms with Crippen molar-refractivity contribution in [1.29, 1.82) is 0 Å². The minimum atomic E-state index is -1.32. The summed E-state index contributed by atoms with van der Waals surface area (Å²) in [5.74, 6) is 7.88. The first-order valence-corrected chi connectivity index (χ1v) is 46.4. The van der Waals surface area contributed by atoms with Gasteiger partial charge in [0.1, 0.15) is 44.5 Å². The molecule has 15 aromatic carbocycles. The molecule has 18 heteroatoms. The van der Waals surface area contributed by atoms with Crippen molar-refractivity contribution in [2.75, 3.05) is 45.8 Å². The van der Waals surface area contributed by atoms with E-state index in [1.807, 2.05) is 170 Å². The van der Waals surface area contributed by atoms with Crippen LogP contribution in [0.4, 0.5) is 86.3 Å². The van der Waals surface area contributed by atoms with Crippen LogP contribution in [-0.4, -0.2) is 40.5 Å². The van der Waals surface area contributed by atoms with E-state index in [0.717, 1.165) is 158 Å². The molecule has 15 nitrogen and oxygen atoms in total. The van der Waals surface area contributed by atoms with Gasteiger partial charge < -0.3 is 36.6 Å². The molecule has 25 rings (SSSR count). The van der Waals surface area contributed by atoms with E-state index >= 15 is 0 Å². The SMILES string of the molecule is COc1cc(C)ccc1N1c2ccccc2Oc2c1oc1ccccc21.COc1cc(C)ccc1N1c2ccccc2S(=O)c2c1oc1ccccc21.COc1cc(C)ccc1N1c2ccccc2Sc2c1oc1ccccc21.Cc1ccc(N2c3ccccc3Cc3c2oc2ccccc32)c(C)c1.Cc1ccc(N2c3ccccc3[Se]c3c2oc2ccccc32)c(C)c1. The van der Waals surface area contributed by atoms with Gasteiger partial charge in [-0.25, -0.2) is 4.21 Å². The maximum atomic E-state index is 13.4. The van der Waals surface area contributed by atoms with Gasteiger partial charge in [-0.3, -0.25) is 19.6 Å². The van der Waals surface area contributed by atoms with Gasteiger partial charge >= 0.3 is 153 Å². The zero-order chi connectivity index (χ0) is 87.8. The van der Waals surface area contributed by atoms with Crippen LogP contribution in [0.3, 0.4) is 0 Å². The summed E-state index contributed by atoms with van der Waals surface area (Å²) in [5, 5.41) is 5.41. The van der Waals surface area contributed by atoms with Crippen LogP contribution in [0, 0.1) is 48.5 Å². The number of ether oxygens (including phenoxy) is 4. The molecule has 5 aliphatic rings. The van der Waals surface area contributed by atoms with Crippen molar-refractivity contribution in [3.05, 3.63) is 384 Å². The first-order valence-electron chi connectivity index (χ1n) is 42.7. The summed E-state index contributed by atoms with van der Waals surface area (Å²) in [7, 11) is 3.74. The van der Waals surface area contributed by atoms with Gasteiger partial charge in [-0.05, 0) is 190 Å². The molecular weight excluding hydrogens is 1710 g/mol. The van der Waals surface area contributed by atoms with E-state index in [2.05, 4.69) is 236 Å². The average molecular weight is 1790 g/mol. The van der Waals surface area contributed by atoms with Crippen molar-refractivity contribution in [2.45, 2.75) is 74.5 Å². The first kappa shape index (κ1) is 81.3. The fourth-order valence-electron chi connectivity index (χ4n) is 17.8. The molecule has 1 unspecified atom stereocenters. The second-order valence-electron chi connectivity index (χ2n) is 32.3. The monoisotopic (exact) mass is 1790 g/mol. The van der Waals surface area contributed by atoms with Crippen LogP contribution in [0.15, 0.2) is 375 Å². The number of aryl methyl sites for hydroxylation is 7. The fourth-order valence-corrected chi connectivity index (χ4v) is 22.7. The predicted octanol–water partition coefficient (Wildman–Crippen LogP) is 29.6. The normalized spacial score (nSPS) is 13.3. The van der Waals surface area contributed by atoms with Crippen LogP contribution in [0.2, 0.25) is 0 Å². The summed E-state index contributed by atoms with van der Waals surface area (Å²) >= 11 is 2.00. The number of anilines is 15. The molecule has 0 spiro atoms. The summed E-state index contributed by atoms with van der Waals surface area (Å²) in [6, 6.07) is 114. The molecule has 0 aliphatic carbocycles. The number of rotatable bonds is 8. The third-order valence-corrected chi connectivity index (χ3v) is 28.9. The van der Waals surface area contributed by atoms with Crippen LogP contribution in [0.5, 0.6) is 28.7 Å². The molecule has 10 heterocycles. The molecule has 0 fully saturated rings.